The van der Waals surface area contributed by atoms with Crippen molar-refractivity contribution >= 4 is 40.1 Å². The second-order valence-corrected chi connectivity index (χ2v) is 17.6. The van der Waals surface area contributed by atoms with Gasteiger partial charge in [0, 0.05) is 61.7 Å². The van der Waals surface area contributed by atoms with E-state index in [1.165, 1.54) is 12.0 Å². The molecule has 1 atom stereocenters. The maximum Gasteiger partial charge on any atom is 0.269 e. The van der Waals surface area contributed by atoms with Crippen LogP contribution in [-0.4, -0.2) is 131 Å². The van der Waals surface area contributed by atoms with Crippen LogP contribution >= 0.6 is 0 Å². The number of alkyl halides is 2. The van der Waals surface area contributed by atoms with Crippen molar-refractivity contribution in [1.82, 2.24) is 35.3 Å². The number of halogens is 2. The van der Waals surface area contributed by atoms with Crippen molar-refractivity contribution in [2.24, 2.45) is 5.41 Å². The van der Waals surface area contributed by atoms with E-state index < -0.39 is 23.3 Å². The van der Waals surface area contributed by atoms with Gasteiger partial charge in [-0.15, -0.1) is 0 Å². The Hall–Kier alpha value is -5.42. The first-order chi connectivity index (χ1) is 28.9. The van der Waals surface area contributed by atoms with Gasteiger partial charge < -0.3 is 28.9 Å². The maximum absolute atomic E-state index is 16.0. The number of nitrogens with one attached hydrogen (secondary N) is 2. The molecule has 0 radical (unpaired) electrons. The Morgan fingerprint density at radius 2 is 1.75 bits per heavy atom. The number of hydrogen-bond acceptors (Lipinski definition) is 12. The molecular formula is C43H49F2N9O6. The quantitative estimate of drug-likeness (QED) is 0.204. The van der Waals surface area contributed by atoms with Crippen LogP contribution in [0.1, 0.15) is 67.8 Å². The third-order valence-corrected chi connectivity index (χ3v) is 13.6. The van der Waals surface area contributed by atoms with E-state index in [0.717, 1.165) is 72.6 Å². The van der Waals surface area contributed by atoms with Crippen molar-refractivity contribution in [3.63, 3.8) is 0 Å². The number of imide groups is 1. The number of piperidine rings is 3. The number of hydrogen-bond donors (Lipinski definition) is 2. The second-order valence-electron chi connectivity index (χ2n) is 17.6. The van der Waals surface area contributed by atoms with Crippen LogP contribution in [0.2, 0.25) is 0 Å². The lowest BCUT2D eigenvalue weighted by Crippen LogP contribution is -2.70. The standard InChI is InChI=1S/C43H49F2N9O6/c1-41(11-12-41)60-27-3-5-31-29(19-27)37(50-49-31)32-20-35(47-25-46-32)52-14-9-26(10-15-52)59-18-17-51-16-13-42(43(44,45)24-51)22-53(23-42)33-6-4-28-30(38(33)58-2)21-54(40(28)57)34-7-8-36(55)48-39(34)56/h3-6,19-20,25-26,34H,7-18,21-24H2,1-2H3,(H,49,50)(H,48,55,56). The van der Waals surface area contributed by atoms with Gasteiger partial charge in [-0.3, -0.25) is 29.7 Å². The summed E-state index contributed by atoms with van der Waals surface area (Å²) < 4.78 is 50.2. The number of fused-ring (bicyclic) bond motifs is 2. The Labute approximate surface area is 345 Å². The molecule has 4 aromatic rings. The molecule has 3 amide bonds. The number of anilines is 2. The van der Waals surface area contributed by atoms with Gasteiger partial charge in [0.05, 0.1) is 55.2 Å². The van der Waals surface area contributed by atoms with Crippen LogP contribution < -0.4 is 24.6 Å². The Bertz CT molecular complexity index is 2360. The van der Waals surface area contributed by atoms with Gasteiger partial charge in [0.25, 0.3) is 11.8 Å². The zero-order valence-corrected chi connectivity index (χ0v) is 33.8. The molecule has 1 spiro atoms. The number of aromatic amines is 1. The van der Waals surface area contributed by atoms with Crippen LogP contribution in [0.15, 0.2) is 42.7 Å². The van der Waals surface area contributed by atoms with E-state index in [1.54, 1.807) is 18.5 Å². The number of methoxy groups -OCH3 is 1. The van der Waals surface area contributed by atoms with Gasteiger partial charge >= 0.3 is 0 Å². The van der Waals surface area contributed by atoms with Crippen LogP contribution in [0, 0.1) is 5.41 Å². The summed E-state index contributed by atoms with van der Waals surface area (Å²) in [4.78, 5) is 54.1. The van der Waals surface area contributed by atoms with Gasteiger partial charge in [-0.25, -0.2) is 18.7 Å². The molecule has 15 nitrogen and oxygen atoms in total. The average Bonchev–Trinajstić information content (AvgIpc) is 3.64. The topological polar surface area (TPSA) is 158 Å². The highest BCUT2D eigenvalue weighted by atomic mass is 19.3. The fourth-order valence-corrected chi connectivity index (χ4v) is 9.66. The molecule has 7 heterocycles. The zero-order valence-electron chi connectivity index (χ0n) is 33.8. The van der Waals surface area contributed by atoms with E-state index in [9.17, 15) is 14.4 Å². The van der Waals surface area contributed by atoms with Crippen molar-refractivity contribution in [2.45, 2.75) is 82.1 Å². The number of likely N-dealkylation sites (tertiary alicyclic amines) is 1. The smallest absolute Gasteiger partial charge is 0.269 e. The van der Waals surface area contributed by atoms with Crippen molar-refractivity contribution in [3.05, 3.63) is 53.9 Å². The maximum atomic E-state index is 16.0. The number of benzene rings is 2. The molecule has 5 fully saturated rings. The molecule has 5 aliphatic heterocycles. The van der Waals surface area contributed by atoms with Crippen LogP contribution in [0.25, 0.3) is 22.3 Å². The Kier molecular flexibility index (Phi) is 9.46. The number of aromatic nitrogens is 4. The number of H-pyrrole nitrogens is 1. The summed E-state index contributed by atoms with van der Waals surface area (Å²) in [5.74, 6) is -1.95. The predicted octanol–water partition coefficient (Wildman–Crippen LogP) is 4.55. The molecule has 2 aromatic carbocycles. The molecule has 6 aliphatic rings. The number of amides is 3. The van der Waals surface area contributed by atoms with Crippen molar-refractivity contribution in [1.29, 1.82) is 0 Å². The van der Waals surface area contributed by atoms with Crippen LogP contribution in [0.5, 0.6) is 11.5 Å². The number of carbonyl (C=O) groups excluding carboxylic acids is 3. The molecule has 0 bridgehead atoms. The predicted molar refractivity (Wildman–Crippen MR) is 216 cm³/mol. The summed E-state index contributed by atoms with van der Waals surface area (Å²) in [6, 6.07) is 10.6. The molecule has 2 aromatic heterocycles. The van der Waals surface area contributed by atoms with E-state index in [4.69, 9.17) is 14.2 Å². The molecule has 1 saturated carbocycles. The Morgan fingerprint density at radius 1 is 0.933 bits per heavy atom. The third-order valence-electron chi connectivity index (χ3n) is 13.6. The van der Waals surface area contributed by atoms with Crippen LogP contribution in [0.3, 0.4) is 0 Å². The van der Waals surface area contributed by atoms with E-state index >= 15 is 8.78 Å². The summed E-state index contributed by atoms with van der Waals surface area (Å²) in [5, 5.41) is 11.0. The molecular weight excluding hydrogens is 777 g/mol. The Balaban J connectivity index is 0.703. The summed E-state index contributed by atoms with van der Waals surface area (Å²) in [6.07, 6.45) is 6.09. The van der Waals surface area contributed by atoms with E-state index in [-0.39, 0.29) is 62.5 Å². The second kappa shape index (κ2) is 14.6. The monoisotopic (exact) mass is 825 g/mol. The van der Waals surface area contributed by atoms with Gasteiger partial charge in [-0.05, 0) is 82.3 Å². The summed E-state index contributed by atoms with van der Waals surface area (Å²) in [7, 11) is 1.51. The summed E-state index contributed by atoms with van der Waals surface area (Å²) in [5.41, 5.74) is 2.86. The van der Waals surface area contributed by atoms with E-state index in [1.807, 2.05) is 34.1 Å². The fraction of sp³-hybridized carbons (Fsp3) is 0.535. The molecule has 316 valence electrons. The molecule has 10 rings (SSSR count). The van der Waals surface area contributed by atoms with E-state index in [2.05, 4.69) is 37.3 Å². The fourth-order valence-electron chi connectivity index (χ4n) is 9.66. The SMILES string of the molecule is COc1c(N2CC3(CCN(CCOC4CCN(c5cc(-c6n[nH]c7ccc(OC8(C)CC8)cc67)ncn5)CC4)CC3(F)F)C2)ccc2c1CN(C1CCC(=O)NC1=O)C2=O. The molecule has 4 saturated heterocycles. The van der Waals surface area contributed by atoms with E-state index in [0.29, 0.717) is 48.7 Å². The van der Waals surface area contributed by atoms with Crippen LogP contribution in [0.4, 0.5) is 20.3 Å². The third kappa shape index (κ3) is 6.88. The van der Waals surface area contributed by atoms with Crippen molar-refractivity contribution in [2.75, 3.05) is 69.3 Å². The number of ether oxygens (including phenoxy) is 3. The first kappa shape index (κ1) is 38.8. The molecule has 2 N–H and O–H groups in total. The van der Waals surface area contributed by atoms with Gasteiger partial charge in [0.2, 0.25) is 11.8 Å². The molecule has 17 heteroatoms. The molecule has 1 unspecified atom stereocenters. The number of nitrogens with zero attached hydrogens (tertiary/aromatic N) is 7. The van der Waals surface area contributed by atoms with Gasteiger partial charge in [0.15, 0.2) is 0 Å². The number of carbonyl (C=O) groups is 3. The largest absolute Gasteiger partial charge is 0.494 e. The van der Waals surface area contributed by atoms with Crippen molar-refractivity contribution < 1.29 is 37.4 Å². The van der Waals surface area contributed by atoms with Gasteiger partial charge in [0.1, 0.15) is 41.0 Å². The zero-order chi connectivity index (χ0) is 41.4. The summed E-state index contributed by atoms with van der Waals surface area (Å²) in [6.45, 7) is 5.16. The average molecular weight is 826 g/mol. The Morgan fingerprint density at radius 3 is 2.50 bits per heavy atom. The lowest BCUT2D eigenvalue weighted by molar-refractivity contribution is -0.181. The lowest BCUT2D eigenvalue weighted by atomic mass is 9.69. The van der Waals surface area contributed by atoms with Crippen LogP contribution in [-0.2, 0) is 20.9 Å². The lowest BCUT2D eigenvalue weighted by Gasteiger charge is -2.58. The summed E-state index contributed by atoms with van der Waals surface area (Å²) >= 11 is 0. The normalized spacial score (nSPS) is 23.5. The van der Waals surface area contributed by atoms with Gasteiger partial charge in [-0.2, -0.15) is 5.10 Å². The molecule has 60 heavy (non-hydrogen) atoms. The minimum atomic E-state index is -2.90. The highest BCUT2D eigenvalue weighted by Crippen LogP contribution is 2.53. The highest BCUT2D eigenvalue weighted by Gasteiger charge is 2.63. The van der Waals surface area contributed by atoms with Crippen molar-refractivity contribution in [3.8, 4) is 22.9 Å². The highest BCUT2D eigenvalue weighted by molar-refractivity contribution is 6.06. The minimum absolute atomic E-state index is 0.0371. The molecule has 1 aliphatic carbocycles. The first-order valence-corrected chi connectivity index (χ1v) is 21.0. The first-order valence-electron chi connectivity index (χ1n) is 21.0. The van der Waals surface area contributed by atoms with Gasteiger partial charge in [-0.1, -0.05) is 0 Å². The number of rotatable bonds is 11. The minimum Gasteiger partial charge on any atom is -0.494 e.